The molecular weight excluding hydrogens is 250 g/mol. The van der Waals surface area contributed by atoms with Crippen molar-refractivity contribution in [3.8, 4) is 0 Å². The molecule has 2 aromatic rings. The first-order valence-electron chi connectivity index (χ1n) is 5.85. The second kappa shape index (κ2) is 4.68. The van der Waals surface area contributed by atoms with E-state index in [4.69, 9.17) is 10.6 Å². The quantitative estimate of drug-likeness (QED) is 0.626. The van der Waals surface area contributed by atoms with Gasteiger partial charge in [0.15, 0.2) is 0 Å². The molecule has 0 aromatic carbocycles. The number of morpholine rings is 1. The molecule has 0 amide bonds. The number of nitrogen functional groups attached to an aromatic ring is 1. The fraction of sp³-hybridized carbons (Fsp3) is 0.455. The van der Waals surface area contributed by atoms with Crippen LogP contribution in [0.5, 0.6) is 0 Å². The van der Waals surface area contributed by atoms with Crippen molar-refractivity contribution in [3.05, 3.63) is 10.9 Å². The zero-order valence-electron chi connectivity index (χ0n) is 10.1. The third-order valence-corrected chi connectivity index (χ3v) is 3.88. The number of anilines is 2. The van der Waals surface area contributed by atoms with Crippen LogP contribution in [0.25, 0.3) is 10.2 Å². The topological polar surface area (TPSA) is 76.3 Å². The van der Waals surface area contributed by atoms with Crippen LogP contribution in [-0.2, 0) is 4.74 Å². The lowest BCUT2D eigenvalue weighted by Crippen LogP contribution is -2.37. The normalized spacial score (nSPS) is 16.2. The van der Waals surface area contributed by atoms with Crippen LogP contribution in [0.1, 0.15) is 4.88 Å². The molecule has 0 radical (unpaired) electrons. The average Bonchev–Trinajstić information content (AvgIpc) is 2.78. The fourth-order valence-corrected chi connectivity index (χ4v) is 2.98. The van der Waals surface area contributed by atoms with Crippen LogP contribution in [0.2, 0.25) is 0 Å². The highest BCUT2D eigenvalue weighted by molar-refractivity contribution is 7.18. The van der Waals surface area contributed by atoms with E-state index in [1.165, 1.54) is 4.88 Å². The minimum atomic E-state index is 0.464. The summed E-state index contributed by atoms with van der Waals surface area (Å²) in [6.07, 6.45) is 0. The van der Waals surface area contributed by atoms with Crippen LogP contribution in [-0.4, -0.2) is 36.3 Å². The maximum absolute atomic E-state index is 5.43. The molecule has 7 heteroatoms. The van der Waals surface area contributed by atoms with E-state index < -0.39 is 0 Å². The second-order valence-corrected chi connectivity index (χ2v) is 5.43. The Balaban J connectivity index is 2.12. The molecule has 3 rings (SSSR count). The summed E-state index contributed by atoms with van der Waals surface area (Å²) in [5, 5.41) is 1.10. The molecule has 3 heterocycles. The summed E-state index contributed by atoms with van der Waals surface area (Å²) in [7, 11) is 0. The number of hydrogen-bond acceptors (Lipinski definition) is 7. The molecule has 6 nitrogen and oxygen atoms in total. The Hall–Kier alpha value is -1.44. The molecule has 1 aliphatic heterocycles. The van der Waals surface area contributed by atoms with E-state index in [-0.39, 0.29) is 0 Å². The van der Waals surface area contributed by atoms with Crippen LogP contribution in [0, 0.1) is 6.92 Å². The summed E-state index contributed by atoms with van der Waals surface area (Å²) in [5.41, 5.74) is 2.53. The minimum absolute atomic E-state index is 0.464. The summed E-state index contributed by atoms with van der Waals surface area (Å²) in [5.74, 6) is 6.84. The maximum atomic E-state index is 5.43. The first-order chi connectivity index (χ1) is 8.78. The highest BCUT2D eigenvalue weighted by atomic mass is 32.1. The number of rotatable bonds is 2. The molecule has 1 fully saturated rings. The van der Waals surface area contributed by atoms with E-state index in [1.807, 2.05) is 0 Å². The predicted octanol–water partition coefficient (Wildman–Crippen LogP) is 1.12. The summed E-state index contributed by atoms with van der Waals surface area (Å²) in [4.78, 5) is 13.3. The molecule has 18 heavy (non-hydrogen) atoms. The van der Waals surface area contributed by atoms with Crippen molar-refractivity contribution in [2.24, 2.45) is 5.84 Å². The van der Waals surface area contributed by atoms with Crippen LogP contribution >= 0.6 is 11.3 Å². The summed E-state index contributed by atoms with van der Waals surface area (Å²) in [6, 6.07) is 2.13. The Bertz CT molecular complexity index is 564. The van der Waals surface area contributed by atoms with Crippen molar-refractivity contribution in [1.29, 1.82) is 0 Å². The van der Waals surface area contributed by atoms with E-state index in [0.29, 0.717) is 5.95 Å². The zero-order chi connectivity index (χ0) is 12.5. The molecule has 0 saturated carbocycles. The molecule has 0 spiro atoms. The van der Waals surface area contributed by atoms with Gasteiger partial charge in [0.2, 0.25) is 5.95 Å². The summed E-state index contributed by atoms with van der Waals surface area (Å²) < 4.78 is 5.37. The van der Waals surface area contributed by atoms with E-state index in [2.05, 4.69) is 33.3 Å². The molecule has 0 bridgehead atoms. The lowest BCUT2D eigenvalue weighted by molar-refractivity contribution is 0.122. The number of hydrazine groups is 1. The van der Waals surface area contributed by atoms with Gasteiger partial charge in [-0.05, 0) is 13.0 Å². The van der Waals surface area contributed by atoms with Gasteiger partial charge in [0.1, 0.15) is 10.6 Å². The lowest BCUT2D eigenvalue weighted by Gasteiger charge is -2.28. The van der Waals surface area contributed by atoms with Gasteiger partial charge in [0.05, 0.1) is 18.6 Å². The number of nitrogens with two attached hydrogens (primary N) is 1. The molecule has 96 valence electrons. The highest BCUT2D eigenvalue weighted by Gasteiger charge is 2.18. The number of nitrogens with one attached hydrogen (secondary N) is 1. The van der Waals surface area contributed by atoms with E-state index in [9.17, 15) is 0 Å². The van der Waals surface area contributed by atoms with Crippen LogP contribution in [0.15, 0.2) is 6.07 Å². The Morgan fingerprint density at radius 2 is 2.17 bits per heavy atom. The number of hydrogen-bond donors (Lipinski definition) is 2. The first-order valence-corrected chi connectivity index (χ1v) is 6.67. The number of aryl methyl sites for hydroxylation is 1. The van der Waals surface area contributed by atoms with Gasteiger partial charge in [0, 0.05) is 18.0 Å². The molecule has 0 atom stereocenters. The highest BCUT2D eigenvalue weighted by Crippen LogP contribution is 2.31. The Morgan fingerprint density at radius 3 is 2.89 bits per heavy atom. The van der Waals surface area contributed by atoms with Crippen LogP contribution in [0.3, 0.4) is 0 Å². The van der Waals surface area contributed by atoms with E-state index >= 15 is 0 Å². The number of fused-ring (bicyclic) bond motifs is 1. The molecule has 1 saturated heterocycles. The number of nitrogens with zero attached hydrogens (tertiary/aromatic N) is 3. The summed E-state index contributed by atoms with van der Waals surface area (Å²) in [6.45, 7) is 5.25. The Labute approximate surface area is 109 Å². The molecule has 0 unspecified atom stereocenters. The fourth-order valence-electron chi connectivity index (χ4n) is 2.11. The zero-order valence-corrected chi connectivity index (χ0v) is 11.0. The first kappa shape index (κ1) is 11.6. The van der Waals surface area contributed by atoms with Gasteiger partial charge in [-0.15, -0.1) is 11.3 Å². The standard InChI is InChI=1S/C11H15N5OS/c1-7-6-8-9(16-2-4-17-5-3-16)13-11(15-12)14-10(8)18-7/h6H,2-5,12H2,1H3,(H,13,14,15). The van der Waals surface area contributed by atoms with Crippen molar-refractivity contribution < 1.29 is 4.74 Å². The number of thiophene rings is 1. The molecular formula is C11H15N5OS. The molecule has 3 N–H and O–H groups in total. The summed E-state index contributed by atoms with van der Waals surface area (Å²) >= 11 is 1.66. The minimum Gasteiger partial charge on any atom is -0.378 e. The SMILES string of the molecule is Cc1cc2c(N3CCOCC3)nc(NN)nc2s1. The average molecular weight is 265 g/mol. The van der Waals surface area contributed by atoms with Crippen molar-refractivity contribution in [1.82, 2.24) is 9.97 Å². The van der Waals surface area contributed by atoms with E-state index in [1.54, 1.807) is 11.3 Å². The van der Waals surface area contributed by atoms with Crippen LogP contribution in [0.4, 0.5) is 11.8 Å². The van der Waals surface area contributed by atoms with Gasteiger partial charge < -0.3 is 9.64 Å². The van der Waals surface area contributed by atoms with Gasteiger partial charge in [0.25, 0.3) is 0 Å². The molecule has 2 aromatic heterocycles. The third kappa shape index (κ3) is 2.00. The van der Waals surface area contributed by atoms with Crippen molar-refractivity contribution in [2.75, 3.05) is 36.6 Å². The molecule has 0 aliphatic carbocycles. The van der Waals surface area contributed by atoms with Crippen LogP contribution < -0.4 is 16.2 Å². The Kier molecular flexibility index (Phi) is 3.02. The van der Waals surface area contributed by atoms with Crippen molar-refractivity contribution in [3.63, 3.8) is 0 Å². The van der Waals surface area contributed by atoms with Gasteiger partial charge in [-0.25, -0.2) is 10.8 Å². The van der Waals surface area contributed by atoms with Gasteiger partial charge >= 0.3 is 0 Å². The monoisotopic (exact) mass is 265 g/mol. The number of aromatic nitrogens is 2. The smallest absolute Gasteiger partial charge is 0.240 e. The second-order valence-electron chi connectivity index (χ2n) is 4.19. The van der Waals surface area contributed by atoms with Crippen molar-refractivity contribution >= 4 is 33.3 Å². The maximum Gasteiger partial charge on any atom is 0.240 e. The van der Waals surface area contributed by atoms with Gasteiger partial charge in [-0.1, -0.05) is 0 Å². The van der Waals surface area contributed by atoms with Crippen molar-refractivity contribution in [2.45, 2.75) is 6.92 Å². The predicted molar refractivity (Wildman–Crippen MR) is 73.0 cm³/mol. The largest absolute Gasteiger partial charge is 0.378 e. The lowest BCUT2D eigenvalue weighted by atomic mass is 10.3. The molecule has 1 aliphatic rings. The third-order valence-electron chi connectivity index (χ3n) is 2.94. The number of ether oxygens (including phenoxy) is 1. The van der Waals surface area contributed by atoms with Gasteiger partial charge in [-0.3, -0.25) is 5.43 Å². The van der Waals surface area contributed by atoms with E-state index in [0.717, 1.165) is 42.3 Å². The van der Waals surface area contributed by atoms with Gasteiger partial charge in [-0.2, -0.15) is 4.98 Å². The Morgan fingerprint density at radius 1 is 1.39 bits per heavy atom.